The highest BCUT2D eigenvalue weighted by molar-refractivity contribution is 14.0. The molecule has 0 aromatic heterocycles. The van der Waals surface area contributed by atoms with Crippen molar-refractivity contribution in [3.05, 3.63) is 0 Å². The van der Waals surface area contributed by atoms with E-state index >= 15 is 0 Å². The summed E-state index contributed by atoms with van der Waals surface area (Å²) in [4.78, 5) is 7.07. The molecule has 0 heterocycles. The smallest absolute Gasteiger partial charge is 0.191 e. The largest absolute Gasteiger partial charge is 0.357 e. The molecular formula is C14H33IN4. The Morgan fingerprint density at radius 2 is 1.58 bits per heavy atom. The second-order valence-corrected chi connectivity index (χ2v) is 5.49. The van der Waals surface area contributed by atoms with Crippen LogP contribution in [0.2, 0.25) is 0 Å². The zero-order valence-electron chi connectivity index (χ0n) is 13.7. The summed E-state index contributed by atoms with van der Waals surface area (Å²) in [5.74, 6) is 0.917. The highest BCUT2D eigenvalue weighted by Gasteiger charge is 2.12. The molecule has 0 aromatic carbocycles. The van der Waals surface area contributed by atoms with Crippen LogP contribution in [0.25, 0.3) is 0 Å². The van der Waals surface area contributed by atoms with Gasteiger partial charge in [0.25, 0.3) is 0 Å². The molecule has 0 aromatic rings. The molecule has 4 nitrogen and oxygen atoms in total. The SMILES string of the molecule is CCNC(=NCCN(C(C)C)C(C)C)NC(C)C.I. The molecule has 19 heavy (non-hydrogen) atoms. The molecule has 0 fully saturated rings. The third-order valence-corrected chi connectivity index (χ3v) is 2.72. The third kappa shape index (κ3) is 10.4. The van der Waals surface area contributed by atoms with Crippen molar-refractivity contribution in [2.75, 3.05) is 19.6 Å². The molecule has 0 bridgehead atoms. The van der Waals surface area contributed by atoms with Crippen molar-refractivity contribution in [3.63, 3.8) is 0 Å². The first-order chi connectivity index (χ1) is 8.38. The van der Waals surface area contributed by atoms with Crippen molar-refractivity contribution in [3.8, 4) is 0 Å². The van der Waals surface area contributed by atoms with Crippen LogP contribution in [0.15, 0.2) is 4.99 Å². The molecule has 0 radical (unpaired) electrons. The van der Waals surface area contributed by atoms with Gasteiger partial charge in [0, 0.05) is 31.2 Å². The maximum absolute atomic E-state index is 4.61. The van der Waals surface area contributed by atoms with Crippen molar-refractivity contribution in [2.45, 2.75) is 66.6 Å². The van der Waals surface area contributed by atoms with Gasteiger partial charge in [-0.15, -0.1) is 24.0 Å². The van der Waals surface area contributed by atoms with E-state index in [0.29, 0.717) is 18.1 Å². The van der Waals surface area contributed by atoms with Crippen LogP contribution in [-0.2, 0) is 0 Å². The highest BCUT2D eigenvalue weighted by Crippen LogP contribution is 2.03. The first kappa shape index (κ1) is 21.3. The fourth-order valence-electron chi connectivity index (χ4n) is 1.98. The molecular weight excluding hydrogens is 351 g/mol. The van der Waals surface area contributed by atoms with E-state index < -0.39 is 0 Å². The average molecular weight is 384 g/mol. The quantitative estimate of drug-likeness (QED) is 0.403. The van der Waals surface area contributed by atoms with E-state index in [1.807, 2.05) is 0 Å². The Hall–Kier alpha value is -0.0400. The van der Waals surface area contributed by atoms with Crippen LogP contribution in [0.4, 0.5) is 0 Å². The summed E-state index contributed by atoms with van der Waals surface area (Å²) in [6.45, 7) is 18.0. The fourth-order valence-corrected chi connectivity index (χ4v) is 1.98. The van der Waals surface area contributed by atoms with E-state index in [1.54, 1.807) is 0 Å². The molecule has 0 saturated heterocycles. The van der Waals surface area contributed by atoms with Crippen molar-refractivity contribution in [1.29, 1.82) is 0 Å². The number of nitrogens with one attached hydrogen (secondary N) is 2. The van der Waals surface area contributed by atoms with E-state index in [9.17, 15) is 0 Å². The first-order valence-electron chi connectivity index (χ1n) is 7.19. The average Bonchev–Trinajstić information content (AvgIpc) is 2.22. The summed E-state index contributed by atoms with van der Waals surface area (Å²) in [6.07, 6.45) is 0. The number of aliphatic imine (C=N–C) groups is 1. The number of guanidine groups is 1. The molecule has 0 spiro atoms. The third-order valence-electron chi connectivity index (χ3n) is 2.72. The molecule has 0 aliphatic rings. The second kappa shape index (κ2) is 11.8. The summed E-state index contributed by atoms with van der Waals surface area (Å²) >= 11 is 0. The number of hydrogen-bond acceptors (Lipinski definition) is 2. The van der Waals surface area contributed by atoms with Gasteiger partial charge in [0.05, 0.1) is 6.54 Å². The Morgan fingerprint density at radius 3 is 1.95 bits per heavy atom. The van der Waals surface area contributed by atoms with Gasteiger partial charge in [0.1, 0.15) is 0 Å². The minimum Gasteiger partial charge on any atom is -0.357 e. The molecule has 2 N–H and O–H groups in total. The summed E-state index contributed by atoms with van der Waals surface area (Å²) in [7, 11) is 0. The second-order valence-electron chi connectivity index (χ2n) is 5.49. The molecule has 116 valence electrons. The number of rotatable bonds is 7. The highest BCUT2D eigenvalue weighted by atomic mass is 127. The Bertz CT molecular complexity index is 232. The van der Waals surface area contributed by atoms with Gasteiger partial charge in [-0.3, -0.25) is 9.89 Å². The first-order valence-corrected chi connectivity index (χ1v) is 7.19. The summed E-state index contributed by atoms with van der Waals surface area (Å²) in [5, 5.41) is 6.60. The van der Waals surface area contributed by atoms with Crippen LogP contribution in [0.1, 0.15) is 48.5 Å². The van der Waals surface area contributed by atoms with E-state index in [1.165, 1.54) is 0 Å². The molecule has 0 rings (SSSR count). The van der Waals surface area contributed by atoms with E-state index in [4.69, 9.17) is 0 Å². The van der Waals surface area contributed by atoms with Crippen LogP contribution in [0, 0.1) is 0 Å². The van der Waals surface area contributed by atoms with Crippen LogP contribution in [0.5, 0.6) is 0 Å². The van der Waals surface area contributed by atoms with Crippen LogP contribution >= 0.6 is 24.0 Å². The van der Waals surface area contributed by atoms with Gasteiger partial charge in [-0.1, -0.05) is 0 Å². The lowest BCUT2D eigenvalue weighted by Gasteiger charge is -2.29. The monoisotopic (exact) mass is 384 g/mol. The summed E-state index contributed by atoms with van der Waals surface area (Å²) in [6, 6.07) is 1.55. The van der Waals surface area contributed by atoms with Crippen LogP contribution < -0.4 is 10.6 Å². The maximum Gasteiger partial charge on any atom is 0.191 e. The van der Waals surface area contributed by atoms with E-state index in [2.05, 4.69) is 69.0 Å². The van der Waals surface area contributed by atoms with Gasteiger partial charge in [0.2, 0.25) is 0 Å². The molecule has 0 atom stereocenters. The lowest BCUT2D eigenvalue weighted by atomic mass is 10.2. The van der Waals surface area contributed by atoms with Gasteiger partial charge >= 0.3 is 0 Å². The Morgan fingerprint density at radius 1 is 1.05 bits per heavy atom. The molecule has 5 heteroatoms. The maximum atomic E-state index is 4.61. The normalized spacial score (nSPS) is 12.3. The zero-order valence-corrected chi connectivity index (χ0v) is 16.0. The van der Waals surface area contributed by atoms with Crippen molar-refractivity contribution < 1.29 is 0 Å². The number of halogens is 1. The van der Waals surface area contributed by atoms with Crippen molar-refractivity contribution in [1.82, 2.24) is 15.5 Å². The molecule has 0 aliphatic carbocycles. The van der Waals surface area contributed by atoms with E-state index in [0.717, 1.165) is 25.6 Å². The van der Waals surface area contributed by atoms with Gasteiger partial charge < -0.3 is 10.6 Å². The van der Waals surface area contributed by atoms with Crippen LogP contribution in [-0.4, -0.2) is 48.6 Å². The Kier molecular flexibility index (Phi) is 13.2. The Balaban J connectivity index is 0. The molecule has 0 saturated carbocycles. The summed E-state index contributed by atoms with van der Waals surface area (Å²) in [5.41, 5.74) is 0. The van der Waals surface area contributed by atoms with E-state index in [-0.39, 0.29) is 24.0 Å². The lowest BCUT2D eigenvalue weighted by Crippen LogP contribution is -2.42. The topological polar surface area (TPSA) is 39.7 Å². The number of hydrogen-bond donors (Lipinski definition) is 2. The predicted octanol–water partition coefficient (Wildman–Crippen LogP) is 2.69. The number of nitrogens with zero attached hydrogens (tertiary/aromatic N) is 2. The minimum atomic E-state index is 0. The van der Waals surface area contributed by atoms with Crippen molar-refractivity contribution >= 4 is 29.9 Å². The lowest BCUT2D eigenvalue weighted by molar-refractivity contribution is 0.181. The Labute approximate surface area is 136 Å². The molecule has 0 unspecified atom stereocenters. The molecule has 0 amide bonds. The van der Waals surface area contributed by atoms with Crippen molar-refractivity contribution in [2.24, 2.45) is 4.99 Å². The standard InChI is InChI=1S/C14H32N4.HI/c1-8-15-14(17-11(2)3)16-9-10-18(12(4)5)13(6)7;/h11-13H,8-10H2,1-7H3,(H2,15,16,17);1H. The van der Waals surface area contributed by atoms with Gasteiger partial charge in [0.15, 0.2) is 5.96 Å². The van der Waals surface area contributed by atoms with Gasteiger partial charge in [-0.25, -0.2) is 0 Å². The predicted molar refractivity (Wildman–Crippen MR) is 96.6 cm³/mol. The van der Waals surface area contributed by atoms with Gasteiger partial charge in [-0.2, -0.15) is 0 Å². The minimum absolute atomic E-state index is 0. The molecule has 0 aliphatic heterocycles. The van der Waals surface area contributed by atoms with Crippen LogP contribution in [0.3, 0.4) is 0 Å². The van der Waals surface area contributed by atoms with Gasteiger partial charge in [-0.05, 0) is 48.5 Å². The summed E-state index contributed by atoms with van der Waals surface area (Å²) < 4.78 is 0. The fraction of sp³-hybridized carbons (Fsp3) is 0.929. The zero-order chi connectivity index (χ0) is 14.1.